The minimum atomic E-state index is -1.15. The van der Waals surface area contributed by atoms with Gasteiger partial charge in [-0.2, -0.15) is 0 Å². The zero-order chi connectivity index (χ0) is 20.7. The Morgan fingerprint density at radius 3 is 2.57 bits per heavy atom. The third kappa shape index (κ3) is 7.24. The minimum absolute atomic E-state index is 0. The molecular weight excluding hydrogens is 498 g/mol. The van der Waals surface area contributed by atoms with Crippen molar-refractivity contribution in [3.05, 3.63) is 59.8 Å². The Labute approximate surface area is 195 Å². The lowest BCUT2D eigenvalue weighted by Gasteiger charge is -2.33. The second kappa shape index (κ2) is 11.7. The summed E-state index contributed by atoms with van der Waals surface area (Å²) in [5.74, 6) is 1.01. The van der Waals surface area contributed by atoms with Gasteiger partial charge in [-0.1, -0.05) is 12.1 Å². The Kier molecular flexibility index (Phi) is 9.57. The molecule has 8 heteroatoms. The molecule has 3 rings (SSSR count). The highest BCUT2D eigenvalue weighted by atomic mass is 127. The van der Waals surface area contributed by atoms with Crippen molar-refractivity contribution in [2.24, 2.45) is 4.99 Å². The van der Waals surface area contributed by atoms with Gasteiger partial charge in [-0.15, -0.1) is 24.0 Å². The summed E-state index contributed by atoms with van der Waals surface area (Å²) >= 11 is 0. The molecule has 0 aliphatic carbocycles. The molecule has 3 N–H and O–H groups in total. The predicted octanol–water partition coefficient (Wildman–Crippen LogP) is 3.46. The van der Waals surface area contributed by atoms with E-state index in [0.717, 1.165) is 44.6 Å². The van der Waals surface area contributed by atoms with Crippen molar-refractivity contribution in [3.8, 4) is 0 Å². The van der Waals surface area contributed by atoms with Crippen LogP contribution in [0.5, 0.6) is 0 Å². The van der Waals surface area contributed by atoms with Crippen LogP contribution < -0.4 is 10.6 Å². The summed E-state index contributed by atoms with van der Waals surface area (Å²) in [7, 11) is 0. The number of rotatable bonds is 7. The number of hydrogen-bond acceptors (Lipinski definition) is 4. The molecule has 30 heavy (non-hydrogen) atoms. The zero-order valence-electron chi connectivity index (χ0n) is 17.6. The van der Waals surface area contributed by atoms with Crippen molar-refractivity contribution < 1.29 is 13.9 Å². The predicted molar refractivity (Wildman–Crippen MR) is 128 cm³/mol. The van der Waals surface area contributed by atoms with Crippen LogP contribution in [0.3, 0.4) is 0 Å². The zero-order valence-corrected chi connectivity index (χ0v) is 19.9. The van der Waals surface area contributed by atoms with Gasteiger partial charge in [-0.25, -0.2) is 9.38 Å². The maximum Gasteiger partial charge on any atom is 0.191 e. The molecule has 1 aromatic carbocycles. The van der Waals surface area contributed by atoms with Gasteiger partial charge in [0.05, 0.1) is 12.8 Å². The molecule has 0 spiro atoms. The van der Waals surface area contributed by atoms with Crippen molar-refractivity contribution >= 4 is 29.9 Å². The van der Waals surface area contributed by atoms with Crippen LogP contribution in [0.15, 0.2) is 52.1 Å². The van der Waals surface area contributed by atoms with Crippen molar-refractivity contribution in [2.75, 3.05) is 26.2 Å². The highest BCUT2D eigenvalue weighted by Crippen LogP contribution is 2.21. The van der Waals surface area contributed by atoms with Gasteiger partial charge in [0, 0.05) is 32.2 Å². The van der Waals surface area contributed by atoms with Crippen LogP contribution in [0.1, 0.15) is 38.0 Å². The smallest absolute Gasteiger partial charge is 0.191 e. The van der Waals surface area contributed by atoms with Gasteiger partial charge >= 0.3 is 0 Å². The Morgan fingerprint density at radius 1 is 1.27 bits per heavy atom. The van der Waals surface area contributed by atoms with E-state index in [2.05, 4.69) is 20.5 Å². The second-order valence-corrected chi connectivity index (χ2v) is 7.77. The Bertz CT molecular complexity index is 773. The Hall–Kier alpha value is -1.65. The maximum atomic E-state index is 13.1. The molecule has 1 unspecified atom stereocenters. The van der Waals surface area contributed by atoms with Crippen molar-refractivity contribution in [1.82, 2.24) is 15.5 Å². The van der Waals surface area contributed by atoms with Crippen molar-refractivity contribution in [1.29, 1.82) is 0 Å². The summed E-state index contributed by atoms with van der Waals surface area (Å²) in [5.41, 5.74) is -0.0162. The molecule has 0 radical (unpaired) electrons. The monoisotopic (exact) mass is 530 g/mol. The summed E-state index contributed by atoms with van der Waals surface area (Å²) < 4.78 is 18.4. The van der Waals surface area contributed by atoms with E-state index in [1.807, 2.05) is 19.1 Å². The number of guanidine groups is 1. The molecule has 2 heterocycles. The van der Waals surface area contributed by atoms with E-state index in [1.54, 1.807) is 25.3 Å². The molecule has 0 saturated carbocycles. The fourth-order valence-electron chi connectivity index (χ4n) is 3.49. The lowest BCUT2D eigenvalue weighted by atomic mass is 10.0. The van der Waals surface area contributed by atoms with E-state index in [1.165, 1.54) is 12.1 Å². The van der Waals surface area contributed by atoms with Crippen LogP contribution in [0.4, 0.5) is 4.39 Å². The van der Waals surface area contributed by atoms with Crippen molar-refractivity contribution in [3.63, 3.8) is 0 Å². The number of benzene rings is 1. The van der Waals surface area contributed by atoms with Gasteiger partial charge in [-0.05, 0) is 56.5 Å². The molecule has 1 atom stereocenters. The van der Waals surface area contributed by atoms with Gasteiger partial charge in [0.25, 0.3) is 0 Å². The van der Waals surface area contributed by atoms with E-state index < -0.39 is 5.60 Å². The van der Waals surface area contributed by atoms with E-state index in [9.17, 15) is 9.50 Å². The molecule has 1 aliphatic rings. The average molecular weight is 530 g/mol. The number of piperidine rings is 1. The first-order valence-corrected chi connectivity index (χ1v) is 10.2. The first kappa shape index (κ1) is 24.6. The molecule has 0 amide bonds. The van der Waals surface area contributed by atoms with Crippen LogP contribution in [-0.4, -0.2) is 48.2 Å². The number of hydrogen-bond donors (Lipinski definition) is 3. The summed E-state index contributed by atoms with van der Waals surface area (Å²) in [6, 6.07) is 10.6. The molecule has 1 aromatic heterocycles. The molecule has 6 nitrogen and oxygen atoms in total. The normalized spacial score (nSPS) is 17.8. The molecule has 1 saturated heterocycles. The molecule has 0 bridgehead atoms. The maximum absolute atomic E-state index is 13.1. The number of halogens is 2. The summed E-state index contributed by atoms with van der Waals surface area (Å²) in [4.78, 5) is 6.95. The van der Waals surface area contributed by atoms with Gasteiger partial charge in [0.2, 0.25) is 0 Å². The van der Waals surface area contributed by atoms with Crippen LogP contribution >= 0.6 is 24.0 Å². The number of aliphatic hydroxyl groups is 1. The van der Waals surface area contributed by atoms with Crippen LogP contribution in [0.25, 0.3) is 0 Å². The standard InChI is InChI=1S/C22H31FN4O2.HI/c1-3-24-21(25-16-22(2,28)20-5-4-14-29-20)26-19-10-12-27(13-11-19)15-17-6-8-18(23)9-7-17;/h4-9,14,19,28H,3,10-13,15-16H2,1-2H3,(H2,24,25,26);1H. The lowest BCUT2D eigenvalue weighted by molar-refractivity contribution is 0.0436. The molecule has 1 aliphatic heterocycles. The fraction of sp³-hybridized carbons (Fsp3) is 0.500. The molecule has 166 valence electrons. The van der Waals surface area contributed by atoms with E-state index in [0.29, 0.717) is 17.8 Å². The Morgan fingerprint density at radius 2 is 1.97 bits per heavy atom. The molecule has 2 aromatic rings. The summed E-state index contributed by atoms with van der Waals surface area (Å²) in [6.07, 6.45) is 3.55. The van der Waals surface area contributed by atoms with E-state index >= 15 is 0 Å². The topological polar surface area (TPSA) is 73.0 Å². The number of likely N-dealkylation sites (tertiary alicyclic amines) is 1. The summed E-state index contributed by atoms with van der Waals surface area (Å²) in [6.45, 7) is 7.46. The summed E-state index contributed by atoms with van der Waals surface area (Å²) in [5, 5.41) is 17.3. The van der Waals surface area contributed by atoms with E-state index in [4.69, 9.17) is 4.42 Å². The van der Waals surface area contributed by atoms with Crippen molar-refractivity contribution in [2.45, 2.75) is 44.9 Å². The second-order valence-electron chi connectivity index (χ2n) is 7.77. The highest BCUT2D eigenvalue weighted by Gasteiger charge is 2.26. The molecule has 1 fully saturated rings. The Balaban J connectivity index is 0.00000320. The van der Waals surface area contributed by atoms with Crippen LogP contribution in [0, 0.1) is 5.82 Å². The number of aliphatic imine (C=N–C) groups is 1. The first-order chi connectivity index (χ1) is 14.0. The third-order valence-electron chi connectivity index (χ3n) is 5.19. The SMILES string of the molecule is CCNC(=NCC(C)(O)c1ccco1)NC1CCN(Cc2ccc(F)cc2)CC1.I. The third-order valence-corrected chi connectivity index (χ3v) is 5.19. The average Bonchev–Trinajstić information content (AvgIpc) is 3.26. The quantitative estimate of drug-likeness (QED) is 0.291. The number of nitrogens with one attached hydrogen (secondary N) is 2. The number of nitrogens with zero attached hydrogens (tertiary/aromatic N) is 2. The minimum Gasteiger partial charge on any atom is -0.466 e. The fourth-order valence-corrected chi connectivity index (χ4v) is 3.49. The first-order valence-electron chi connectivity index (χ1n) is 10.2. The lowest BCUT2D eigenvalue weighted by Crippen LogP contribution is -2.48. The van der Waals surface area contributed by atoms with Crippen LogP contribution in [0.2, 0.25) is 0 Å². The highest BCUT2D eigenvalue weighted by molar-refractivity contribution is 14.0. The largest absolute Gasteiger partial charge is 0.466 e. The van der Waals surface area contributed by atoms with Gasteiger partial charge in [-0.3, -0.25) is 4.90 Å². The van der Waals surface area contributed by atoms with Gasteiger partial charge in [0.15, 0.2) is 5.96 Å². The van der Waals surface area contributed by atoms with Gasteiger partial charge < -0.3 is 20.2 Å². The van der Waals surface area contributed by atoms with Crippen LogP contribution in [-0.2, 0) is 12.1 Å². The van der Waals surface area contributed by atoms with Gasteiger partial charge in [0.1, 0.15) is 17.2 Å². The number of furan rings is 1. The molecular formula is C22H32FIN4O2. The van der Waals surface area contributed by atoms with E-state index in [-0.39, 0.29) is 36.3 Å².